The highest BCUT2D eigenvalue weighted by Crippen LogP contribution is 2.25. The molecule has 2 nitrogen and oxygen atoms in total. The molecule has 1 aromatic rings. The smallest absolute Gasteiger partial charge is 0.0802 e. The van der Waals surface area contributed by atoms with E-state index in [1.807, 2.05) is 24.3 Å². The first-order valence-electron chi connectivity index (χ1n) is 6.72. The average Bonchev–Trinajstić information content (AvgIpc) is 2.66. The molecule has 1 aromatic carbocycles. The molecule has 1 N–H and O–H groups in total. The second kappa shape index (κ2) is 6.18. The van der Waals surface area contributed by atoms with Crippen molar-refractivity contribution in [2.75, 3.05) is 19.6 Å². The lowest BCUT2D eigenvalue weighted by atomic mass is 10.0. The Morgan fingerprint density at radius 1 is 1.33 bits per heavy atom. The topological polar surface area (TPSA) is 23.5 Å². The van der Waals surface area contributed by atoms with Gasteiger partial charge in [-0.3, -0.25) is 0 Å². The van der Waals surface area contributed by atoms with Crippen LogP contribution in [-0.4, -0.2) is 29.6 Å². The van der Waals surface area contributed by atoms with Crippen molar-refractivity contribution < 1.29 is 5.11 Å². The van der Waals surface area contributed by atoms with Crippen LogP contribution in [0.15, 0.2) is 28.7 Å². The quantitative estimate of drug-likeness (QED) is 0.920. The van der Waals surface area contributed by atoms with Gasteiger partial charge in [0.25, 0.3) is 0 Å². The van der Waals surface area contributed by atoms with Crippen LogP contribution in [0.3, 0.4) is 0 Å². The predicted octanol–water partition coefficient (Wildman–Crippen LogP) is 3.46. The highest BCUT2D eigenvalue weighted by molar-refractivity contribution is 9.10. The van der Waals surface area contributed by atoms with Gasteiger partial charge >= 0.3 is 0 Å². The molecule has 3 unspecified atom stereocenters. The molecule has 18 heavy (non-hydrogen) atoms. The Bertz CT molecular complexity index is 386. The monoisotopic (exact) mass is 311 g/mol. The number of aliphatic hydroxyl groups is 1. The van der Waals surface area contributed by atoms with Gasteiger partial charge in [-0.15, -0.1) is 0 Å². The van der Waals surface area contributed by atoms with E-state index in [2.05, 4.69) is 34.7 Å². The van der Waals surface area contributed by atoms with Crippen molar-refractivity contribution in [2.45, 2.75) is 26.4 Å². The maximum atomic E-state index is 10.2. The first-order chi connectivity index (χ1) is 8.56. The molecule has 1 fully saturated rings. The van der Waals surface area contributed by atoms with Crippen molar-refractivity contribution in [1.82, 2.24) is 4.90 Å². The van der Waals surface area contributed by atoms with Gasteiger partial charge in [0, 0.05) is 24.1 Å². The fourth-order valence-electron chi connectivity index (χ4n) is 2.62. The minimum Gasteiger partial charge on any atom is -0.388 e. The molecule has 3 atom stereocenters. The van der Waals surface area contributed by atoms with Gasteiger partial charge in [-0.25, -0.2) is 0 Å². The number of halogens is 1. The van der Waals surface area contributed by atoms with Crippen LogP contribution in [0.5, 0.6) is 0 Å². The molecule has 0 radical (unpaired) electrons. The molecule has 0 aliphatic carbocycles. The van der Waals surface area contributed by atoms with Gasteiger partial charge in [-0.2, -0.15) is 0 Å². The van der Waals surface area contributed by atoms with E-state index in [0.717, 1.165) is 34.8 Å². The summed E-state index contributed by atoms with van der Waals surface area (Å²) in [4.78, 5) is 2.47. The number of hydrogen-bond donors (Lipinski definition) is 1. The van der Waals surface area contributed by atoms with Crippen LogP contribution in [0.4, 0.5) is 0 Å². The highest BCUT2D eigenvalue weighted by atomic mass is 79.9. The highest BCUT2D eigenvalue weighted by Gasteiger charge is 2.25. The molecule has 100 valence electrons. The third kappa shape index (κ3) is 3.56. The van der Waals surface area contributed by atoms with Gasteiger partial charge in [-0.05, 0) is 36.0 Å². The molecule has 1 aliphatic rings. The Kier molecular flexibility index (Phi) is 4.82. The van der Waals surface area contributed by atoms with Crippen LogP contribution in [0.2, 0.25) is 0 Å². The van der Waals surface area contributed by atoms with Gasteiger partial charge in [-0.1, -0.05) is 41.9 Å². The summed E-state index contributed by atoms with van der Waals surface area (Å²) in [5, 5.41) is 10.2. The molecule has 1 saturated heterocycles. The van der Waals surface area contributed by atoms with Crippen molar-refractivity contribution in [2.24, 2.45) is 11.8 Å². The average molecular weight is 312 g/mol. The van der Waals surface area contributed by atoms with Crippen LogP contribution in [0.1, 0.15) is 31.9 Å². The Morgan fingerprint density at radius 2 is 2.00 bits per heavy atom. The number of rotatable bonds is 4. The Balaban J connectivity index is 1.83. The van der Waals surface area contributed by atoms with E-state index in [9.17, 15) is 5.11 Å². The van der Waals surface area contributed by atoms with Gasteiger partial charge in [0.1, 0.15) is 0 Å². The molecular weight excluding hydrogens is 290 g/mol. The SMILES string of the molecule is CC1CN(CCC(O)c2cccc(Br)c2)CC1C. The van der Waals surface area contributed by atoms with Gasteiger partial charge in [0.15, 0.2) is 0 Å². The maximum absolute atomic E-state index is 10.2. The summed E-state index contributed by atoms with van der Waals surface area (Å²) in [6.45, 7) is 7.96. The van der Waals surface area contributed by atoms with Crippen LogP contribution in [-0.2, 0) is 0 Å². The van der Waals surface area contributed by atoms with Crippen molar-refractivity contribution in [3.05, 3.63) is 34.3 Å². The first-order valence-corrected chi connectivity index (χ1v) is 7.51. The molecule has 0 amide bonds. The second-order valence-electron chi connectivity index (χ2n) is 5.57. The first kappa shape index (κ1) is 14.0. The van der Waals surface area contributed by atoms with E-state index in [1.165, 1.54) is 13.1 Å². The Hall–Kier alpha value is -0.380. The summed E-state index contributed by atoms with van der Waals surface area (Å²) in [7, 11) is 0. The van der Waals surface area contributed by atoms with E-state index in [-0.39, 0.29) is 6.10 Å². The molecule has 1 heterocycles. The number of nitrogens with zero attached hydrogens (tertiary/aromatic N) is 1. The van der Waals surface area contributed by atoms with E-state index in [1.54, 1.807) is 0 Å². The summed E-state index contributed by atoms with van der Waals surface area (Å²) in [6, 6.07) is 7.95. The van der Waals surface area contributed by atoms with Gasteiger partial charge in [0.05, 0.1) is 6.10 Å². The fraction of sp³-hybridized carbons (Fsp3) is 0.600. The largest absolute Gasteiger partial charge is 0.388 e. The summed E-state index contributed by atoms with van der Waals surface area (Å²) in [5.74, 6) is 1.57. The zero-order valence-corrected chi connectivity index (χ0v) is 12.7. The molecule has 2 rings (SSSR count). The van der Waals surface area contributed by atoms with E-state index in [4.69, 9.17) is 0 Å². The minimum atomic E-state index is -0.353. The summed E-state index contributed by atoms with van der Waals surface area (Å²) in [6.07, 6.45) is 0.462. The lowest BCUT2D eigenvalue weighted by Gasteiger charge is -2.18. The second-order valence-corrected chi connectivity index (χ2v) is 6.49. The van der Waals surface area contributed by atoms with Crippen LogP contribution in [0.25, 0.3) is 0 Å². The van der Waals surface area contributed by atoms with Crippen LogP contribution >= 0.6 is 15.9 Å². The maximum Gasteiger partial charge on any atom is 0.0802 e. The van der Waals surface area contributed by atoms with Gasteiger partial charge < -0.3 is 10.0 Å². The molecule has 0 bridgehead atoms. The van der Waals surface area contributed by atoms with Gasteiger partial charge in [0.2, 0.25) is 0 Å². The number of benzene rings is 1. The number of aliphatic hydroxyl groups excluding tert-OH is 1. The Morgan fingerprint density at radius 3 is 2.61 bits per heavy atom. The molecular formula is C15H22BrNO. The number of likely N-dealkylation sites (tertiary alicyclic amines) is 1. The van der Waals surface area contributed by atoms with E-state index < -0.39 is 0 Å². The molecule has 0 aromatic heterocycles. The standard InChI is InChI=1S/C15H22BrNO/c1-11-9-17(10-12(11)2)7-6-15(18)13-4-3-5-14(16)8-13/h3-5,8,11-12,15,18H,6-7,9-10H2,1-2H3. The van der Waals surface area contributed by atoms with Crippen molar-refractivity contribution >= 4 is 15.9 Å². The predicted molar refractivity (Wildman–Crippen MR) is 78.5 cm³/mol. The van der Waals surface area contributed by atoms with E-state index in [0.29, 0.717) is 0 Å². The lowest BCUT2D eigenvalue weighted by molar-refractivity contribution is 0.147. The normalized spacial score (nSPS) is 26.4. The van der Waals surface area contributed by atoms with Crippen LogP contribution < -0.4 is 0 Å². The molecule has 3 heteroatoms. The van der Waals surface area contributed by atoms with Crippen LogP contribution in [0, 0.1) is 11.8 Å². The zero-order valence-electron chi connectivity index (χ0n) is 11.1. The third-order valence-electron chi connectivity index (χ3n) is 4.02. The summed E-state index contributed by atoms with van der Waals surface area (Å²) < 4.78 is 1.03. The van der Waals surface area contributed by atoms with Crippen molar-refractivity contribution in [1.29, 1.82) is 0 Å². The molecule has 0 saturated carbocycles. The summed E-state index contributed by atoms with van der Waals surface area (Å²) in [5.41, 5.74) is 1.00. The van der Waals surface area contributed by atoms with Crippen molar-refractivity contribution in [3.8, 4) is 0 Å². The lowest BCUT2D eigenvalue weighted by Crippen LogP contribution is -2.23. The van der Waals surface area contributed by atoms with E-state index >= 15 is 0 Å². The number of hydrogen-bond acceptors (Lipinski definition) is 2. The minimum absolute atomic E-state index is 0.353. The summed E-state index contributed by atoms with van der Waals surface area (Å²) >= 11 is 3.44. The molecule has 0 spiro atoms. The third-order valence-corrected chi connectivity index (χ3v) is 4.51. The molecule has 1 aliphatic heterocycles. The fourth-order valence-corrected chi connectivity index (χ4v) is 3.03. The van der Waals surface area contributed by atoms with Crippen molar-refractivity contribution in [3.63, 3.8) is 0 Å². The Labute approximate surface area is 118 Å². The zero-order chi connectivity index (χ0) is 13.1.